The van der Waals surface area contributed by atoms with E-state index in [0.717, 1.165) is 5.56 Å². The zero-order chi connectivity index (χ0) is 17.2. The van der Waals surface area contributed by atoms with Crippen LogP contribution in [0, 0.1) is 6.92 Å². The predicted molar refractivity (Wildman–Crippen MR) is 87.7 cm³/mol. The van der Waals surface area contributed by atoms with Crippen molar-refractivity contribution in [2.75, 3.05) is 0 Å². The van der Waals surface area contributed by atoms with E-state index in [4.69, 9.17) is 16.0 Å². The Morgan fingerprint density at radius 3 is 2.79 bits per heavy atom. The van der Waals surface area contributed by atoms with Gasteiger partial charge in [-0.25, -0.2) is 13.1 Å². The fourth-order valence-electron chi connectivity index (χ4n) is 1.91. The van der Waals surface area contributed by atoms with Crippen molar-refractivity contribution in [3.8, 4) is 11.5 Å². The zero-order valence-corrected chi connectivity index (χ0v) is 14.2. The molecule has 2 aromatic heterocycles. The minimum atomic E-state index is -3.73. The Kier molecular flexibility index (Phi) is 4.61. The molecule has 3 aromatic rings. The molecule has 1 N–H and O–H groups in total. The Morgan fingerprint density at radius 2 is 2.08 bits per heavy atom. The van der Waals surface area contributed by atoms with Crippen molar-refractivity contribution in [2.45, 2.75) is 18.4 Å². The molecular formula is C15H13ClN4O3S. The number of sulfonamides is 1. The Bertz CT molecular complexity index is 958. The number of hydrogen-bond acceptors (Lipinski definition) is 6. The van der Waals surface area contributed by atoms with E-state index in [1.165, 1.54) is 12.1 Å². The van der Waals surface area contributed by atoms with Crippen molar-refractivity contribution >= 4 is 21.6 Å². The first-order valence-electron chi connectivity index (χ1n) is 6.94. The lowest BCUT2D eigenvalue weighted by Gasteiger charge is -2.06. The maximum atomic E-state index is 12.3. The molecule has 0 atom stereocenters. The number of nitrogens with zero attached hydrogens (tertiary/aromatic N) is 3. The zero-order valence-electron chi connectivity index (χ0n) is 12.6. The van der Waals surface area contributed by atoms with Crippen LogP contribution in [0.4, 0.5) is 0 Å². The van der Waals surface area contributed by atoms with Crippen LogP contribution in [0.5, 0.6) is 0 Å². The molecule has 0 saturated carbocycles. The van der Waals surface area contributed by atoms with E-state index in [9.17, 15) is 8.42 Å². The molecule has 0 bridgehead atoms. The number of aromatic nitrogens is 3. The largest absolute Gasteiger partial charge is 0.419 e. The van der Waals surface area contributed by atoms with E-state index in [2.05, 4.69) is 19.9 Å². The molecule has 0 aliphatic rings. The van der Waals surface area contributed by atoms with Crippen LogP contribution in [0.25, 0.3) is 11.5 Å². The summed E-state index contributed by atoms with van der Waals surface area (Å²) in [7, 11) is -3.73. The van der Waals surface area contributed by atoms with Gasteiger partial charge in [-0.3, -0.25) is 4.98 Å². The Balaban J connectivity index is 1.73. The molecule has 0 amide bonds. The second-order valence-corrected chi connectivity index (χ2v) is 7.15. The van der Waals surface area contributed by atoms with E-state index >= 15 is 0 Å². The standard InChI is InChI=1S/C15H13ClN4O3S/c1-10-4-5-12(7-13(10)16)24(21,22)18-9-14-19-20-15(23-14)11-3-2-6-17-8-11/h2-8,18H,9H2,1H3. The van der Waals surface area contributed by atoms with Gasteiger partial charge in [-0.2, -0.15) is 0 Å². The summed E-state index contributed by atoms with van der Waals surface area (Å²) in [5.41, 5.74) is 1.46. The van der Waals surface area contributed by atoms with E-state index in [0.29, 0.717) is 10.6 Å². The van der Waals surface area contributed by atoms with Crippen LogP contribution >= 0.6 is 11.6 Å². The van der Waals surface area contributed by atoms with Gasteiger partial charge in [-0.05, 0) is 36.8 Å². The van der Waals surface area contributed by atoms with Crippen LogP contribution in [-0.2, 0) is 16.6 Å². The summed E-state index contributed by atoms with van der Waals surface area (Å²) in [6, 6.07) is 8.03. The third kappa shape index (κ3) is 3.61. The van der Waals surface area contributed by atoms with Crippen LogP contribution in [0.2, 0.25) is 5.02 Å². The van der Waals surface area contributed by atoms with Crippen LogP contribution in [0.3, 0.4) is 0 Å². The van der Waals surface area contributed by atoms with Gasteiger partial charge in [0.1, 0.15) is 0 Å². The highest BCUT2D eigenvalue weighted by molar-refractivity contribution is 7.89. The third-order valence-corrected chi connectivity index (χ3v) is 5.05. The maximum Gasteiger partial charge on any atom is 0.249 e. The normalized spacial score (nSPS) is 11.6. The fourth-order valence-corrected chi connectivity index (χ4v) is 3.16. The van der Waals surface area contributed by atoms with Crippen molar-refractivity contribution in [1.29, 1.82) is 0 Å². The Labute approximate surface area is 143 Å². The molecule has 0 spiro atoms. The molecule has 9 heteroatoms. The average Bonchev–Trinajstić information content (AvgIpc) is 3.05. The molecule has 0 radical (unpaired) electrons. The minimum Gasteiger partial charge on any atom is -0.419 e. The third-order valence-electron chi connectivity index (χ3n) is 3.24. The predicted octanol–water partition coefficient (Wildman–Crippen LogP) is 2.57. The molecule has 7 nitrogen and oxygen atoms in total. The lowest BCUT2D eigenvalue weighted by molar-refractivity contribution is 0.494. The summed E-state index contributed by atoms with van der Waals surface area (Å²) in [4.78, 5) is 4.03. The average molecular weight is 365 g/mol. The summed E-state index contributed by atoms with van der Waals surface area (Å²) < 4.78 is 32.4. The number of hydrogen-bond donors (Lipinski definition) is 1. The van der Waals surface area contributed by atoms with Gasteiger partial charge in [0.15, 0.2) is 0 Å². The first-order chi connectivity index (χ1) is 11.5. The van der Waals surface area contributed by atoms with E-state index in [-0.39, 0.29) is 23.2 Å². The molecular weight excluding hydrogens is 352 g/mol. The highest BCUT2D eigenvalue weighted by Crippen LogP contribution is 2.20. The van der Waals surface area contributed by atoms with Crippen LogP contribution < -0.4 is 4.72 Å². The van der Waals surface area contributed by atoms with Crippen LogP contribution in [0.15, 0.2) is 52.0 Å². The molecule has 0 fully saturated rings. The number of benzene rings is 1. The monoisotopic (exact) mass is 364 g/mol. The highest BCUT2D eigenvalue weighted by atomic mass is 35.5. The van der Waals surface area contributed by atoms with Gasteiger partial charge in [0.2, 0.25) is 21.8 Å². The fraction of sp³-hybridized carbons (Fsp3) is 0.133. The SMILES string of the molecule is Cc1ccc(S(=O)(=O)NCc2nnc(-c3cccnc3)o2)cc1Cl. The van der Waals surface area contributed by atoms with Gasteiger partial charge in [0.05, 0.1) is 17.0 Å². The molecule has 0 aliphatic carbocycles. The van der Waals surface area contributed by atoms with Gasteiger partial charge in [0.25, 0.3) is 0 Å². The van der Waals surface area contributed by atoms with Crippen molar-refractivity contribution in [3.63, 3.8) is 0 Å². The Hall–Kier alpha value is -2.29. The van der Waals surface area contributed by atoms with Crippen molar-refractivity contribution < 1.29 is 12.8 Å². The smallest absolute Gasteiger partial charge is 0.249 e. The summed E-state index contributed by atoms with van der Waals surface area (Å²) in [5.74, 6) is 0.423. The molecule has 0 unspecified atom stereocenters. The molecule has 2 heterocycles. The van der Waals surface area contributed by atoms with Gasteiger partial charge >= 0.3 is 0 Å². The first kappa shape index (κ1) is 16.6. The number of pyridine rings is 1. The number of nitrogens with one attached hydrogen (secondary N) is 1. The van der Waals surface area contributed by atoms with Gasteiger partial charge in [-0.15, -0.1) is 10.2 Å². The number of rotatable bonds is 5. The summed E-state index contributed by atoms with van der Waals surface area (Å²) >= 11 is 5.97. The molecule has 3 rings (SSSR count). The quantitative estimate of drug-likeness (QED) is 0.747. The minimum absolute atomic E-state index is 0.0742. The Morgan fingerprint density at radius 1 is 1.25 bits per heavy atom. The van der Waals surface area contributed by atoms with Gasteiger partial charge in [0, 0.05) is 17.4 Å². The number of aryl methyl sites for hydroxylation is 1. The highest BCUT2D eigenvalue weighted by Gasteiger charge is 2.17. The van der Waals surface area contributed by atoms with Gasteiger partial charge < -0.3 is 4.42 Å². The molecule has 1 aromatic carbocycles. The summed E-state index contributed by atoms with van der Waals surface area (Å²) in [6.45, 7) is 1.67. The van der Waals surface area contributed by atoms with E-state index < -0.39 is 10.0 Å². The van der Waals surface area contributed by atoms with Crippen LogP contribution in [-0.4, -0.2) is 23.6 Å². The summed E-state index contributed by atoms with van der Waals surface area (Å²) in [5, 5.41) is 8.08. The van der Waals surface area contributed by atoms with Crippen LogP contribution in [0.1, 0.15) is 11.5 Å². The van der Waals surface area contributed by atoms with E-state index in [1.807, 2.05) is 0 Å². The maximum absolute atomic E-state index is 12.3. The molecule has 0 aliphatic heterocycles. The molecule has 24 heavy (non-hydrogen) atoms. The number of halogens is 1. The lowest BCUT2D eigenvalue weighted by atomic mass is 10.2. The lowest BCUT2D eigenvalue weighted by Crippen LogP contribution is -2.23. The van der Waals surface area contributed by atoms with Gasteiger partial charge in [-0.1, -0.05) is 17.7 Å². The second kappa shape index (κ2) is 6.68. The summed E-state index contributed by atoms with van der Waals surface area (Å²) in [6.07, 6.45) is 3.21. The second-order valence-electron chi connectivity index (χ2n) is 4.98. The molecule has 0 saturated heterocycles. The van der Waals surface area contributed by atoms with E-state index in [1.54, 1.807) is 37.5 Å². The van der Waals surface area contributed by atoms with Crippen molar-refractivity contribution in [2.24, 2.45) is 0 Å². The first-order valence-corrected chi connectivity index (χ1v) is 8.80. The van der Waals surface area contributed by atoms with Crippen molar-refractivity contribution in [3.05, 3.63) is 59.2 Å². The topological polar surface area (TPSA) is 98.0 Å². The van der Waals surface area contributed by atoms with Crippen molar-refractivity contribution in [1.82, 2.24) is 19.9 Å². The molecule has 124 valence electrons.